The molecule has 0 spiro atoms. The maximum atomic E-state index is 11.2. The van der Waals surface area contributed by atoms with Crippen LogP contribution in [0, 0.1) is 5.92 Å². The lowest BCUT2D eigenvalue weighted by Crippen LogP contribution is -2.25. The zero-order chi connectivity index (χ0) is 9.80. The molecule has 1 fully saturated rings. The van der Waals surface area contributed by atoms with Gasteiger partial charge in [-0.1, -0.05) is 6.42 Å². The molecule has 0 aromatic carbocycles. The number of hydrogen-bond donors (Lipinski definition) is 0. The first-order chi connectivity index (χ1) is 6.86. The van der Waals surface area contributed by atoms with Crippen LogP contribution in [0.4, 0.5) is 0 Å². The van der Waals surface area contributed by atoms with E-state index in [1.807, 2.05) is 0 Å². The second-order valence-electron chi connectivity index (χ2n) is 3.30. The molecule has 0 amide bonds. The topological polar surface area (TPSA) is 48.4 Å². The Morgan fingerprint density at radius 3 is 2.64 bits per heavy atom. The van der Waals surface area contributed by atoms with Gasteiger partial charge in [0.1, 0.15) is 0 Å². The van der Waals surface area contributed by atoms with Crippen LogP contribution in [-0.2, 0) is 9.68 Å². The minimum atomic E-state index is -0.270. The Balaban J connectivity index is 1.79. The minimum Gasteiger partial charge on any atom is -0.287 e. The Morgan fingerprint density at radius 1 is 1.36 bits per heavy atom. The maximum absolute atomic E-state index is 11.2. The molecule has 1 heterocycles. The van der Waals surface area contributed by atoms with Crippen LogP contribution in [0.2, 0.25) is 0 Å². The second-order valence-corrected chi connectivity index (χ2v) is 3.30. The first kappa shape index (κ1) is 8.99. The van der Waals surface area contributed by atoms with E-state index in [9.17, 15) is 4.79 Å². The molecule has 1 saturated carbocycles. The first-order valence-electron chi connectivity index (χ1n) is 4.64. The highest BCUT2D eigenvalue weighted by atomic mass is 17.2. The molecule has 0 radical (unpaired) electrons. The van der Waals surface area contributed by atoms with Crippen LogP contribution in [-0.4, -0.2) is 11.0 Å². The highest BCUT2D eigenvalue weighted by Crippen LogP contribution is 2.27. The van der Waals surface area contributed by atoms with Crippen molar-refractivity contribution in [3.63, 3.8) is 0 Å². The molecule has 4 heteroatoms. The number of carbonyl (C=O) groups is 1. The summed E-state index contributed by atoms with van der Waals surface area (Å²) in [5.41, 5.74) is 0. The molecule has 0 N–H and O–H groups in total. The average molecular weight is 193 g/mol. The molecule has 1 aromatic heterocycles. The predicted octanol–water partition coefficient (Wildman–Crippen LogP) is 1.72. The van der Waals surface area contributed by atoms with Gasteiger partial charge in [0, 0.05) is 24.5 Å². The number of nitrogens with zero attached hydrogens (tertiary/aromatic N) is 1. The van der Waals surface area contributed by atoms with E-state index in [4.69, 9.17) is 4.89 Å². The maximum Gasteiger partial charge on any atom is 0.358 e. The zero-order valence-corrected chi connectivity index (χ0v) is 7.68. The van der Waals surface area contributed by atoms with Crippen molar-refractivity contribution in [3.05, 3.63) is 24.5 Å². The van der Waals surface area contributed by atoms with Crippen LogP contribution in [0.3, 0.4) is 0 Å². The van der Waals surface area contributed by atoms with Gasteiger partial charge in [-0.15, -0.1) is 0 Å². The molecule has 0 aliphatic heterocycles. The Labute approximate surface area is 81.8 Å². The van der Waals surface area contributed by atoms with Crippen LogP contribution in [0.1, 0.15) is 19.3 Å². The summed E-state index contributed by atoms with van der Waals surface area (Å²) in [7, 11) is 0. The van der Waals surface area contributed by atoms with E-state index in [1.165, 1.54) is 0 Å². The molecule has 74 valence electrons. The van der Waals surface area contributed by atoms with Gasteiger partial charge < -0.3 is 0 Å². The van der Waals surface area contributed by atoms with Gasteiger partial charge in [-0.05, 0) is 12.8 Å². The van der Waals surface area contributed by atoms with Crippen molar-refractivity contribution in [3.8, 4) is 5.75 Å². The number of carbonyl (C=O) groups excluding carboxylic acids is 1. The summed E-state index contributed by atoms with van der Waals surface area (Å²) >= 11 is 0. The molecule has 0 unspecified atom stereocenters. The van der Waals surface area contributed by atoms with Gasteiger partial charge in [0.15, 0.2) is 5.75 Å². The van der Waals surface area contributed by atoms with Crippen LogP contribution in [0.5, 0.6) is 5.75 Å². The molecular weight excluding hydrogens is 182 g/mol. The fourth-order valence-corrected chi connectivity index (χ4v) is 1.19. The van der Waals surface area contributed by atoms with Crippen LogP contribution >= 0.6 is 0 Å². The van der Waals surface area contributed by atoms with Crippen LogP contribution in [0.15, 0.2) is 24.5 Å². The summed E-state index contributed by atoms with van der Waals surface area (Å²) in [6.45, 7) is 0. The largest absolute Gasteiger partial charge is 0.358 e. The quantitative estimate of drug-likeness (QED) is 0.541. The molecule has 14 heavy (non-hydrogen) atoms. The lowest BCUT2D eigenvalue weighted by Gasteiger charge is -2.21. The van der Waals surface area contributed by atoms with Gasteiger partial charge in [0.2, 0.25) is 0 Å². The molecule has 2 rings (SSSR count). The summed E-state index contributed by atoms with van der Waals surface area (Å²) in [5, 5.41) is 0. The van der Waals surface area contributed by atoms with Crippen molar-refractivity contribution < 1.29 is 14.6 Å². The SMILES string of the molecule is O=C(OOc1ccncc1)C1CCC1. The third kappa shape index (κ3) is 2.02. The van der Waals surface area contributed by atoms with E-state index in [-0.39, 0.29) is 11.9 Å². The lowest BCUT2D eigenvalue weighted by atomic mass is 9.86. The van der Waals surface area contributed by atoms with Gasteiger partial charge in [-0.2, -0.15) is 0 Å². The fraction of sp³-hybridized carbons (Fsp3) is 0.400. The first-order valence-corrected chi connectivity index (χ1v) is 4.64. The normalized spacial score (nSPS) is 15.7. The van der Waals surface area contributed by atoms with Gasteiger partial charge in [-0.3, -0.25) is 14.8 Å². The summed E-state index contributed by atoms with van der Waals surface area (Å²) in [6, 6.07) is 3.27. The molecule has 0 bridgehead atoms. The van der Waals surface area contributed by atoms with E-state index in [1.54, 1.807) is 24.5 Å². The molecule has 0 atom stereocenters. The number of pyridine rings is 1. The van der Waals surface area contributed by atoms with Gasteiger partial charge >= 0.3 is 5.97 Å². The Bertz CT molecular complexity index is 308. The van der Waals surface area contributed by atoms with Crippen molar-refractivity contribution >= 4 is 5.97 Å². The predicted molar refractivity (Wildman–Crippen MR) is 48.3 cm³/mol. The molecule has 4 nitrogen and oxygen atoms in total. The monoisotopic (exact) mass is 193 g/mol. The summed E-state index contributed by atoms with van der Waals surface area (Å²) in [6.07, 6.45) is 6.09. The molecule has 1 aliphatic carbocycles. The fourth-order valence-electron chi connectivity index (χ4n) is 1.19. The van der Waals surface area contributed by atoms with Crippen molar-refractivity contribution in [2.45, 2.75) is 19.3 Å². The van der Waals surface area contributed by atoms with Crippen molar-refractivity contribution in [1.29, 1.82) is 0 Å². The summed E-state index contributed by atoms with van der Waals surface area (Å²) in [5.74, 6) is 0.262. The molecule has 1 aliphatic rings. The van der Waals surface area contributed by atoms with Crippen molar-refractivity contribution in [2.24, 2.45) is 5.92 Å². The smallest absolute Gasteiger partial charge is 0.287 e. The Kier molecular flexibility index (Phi) is 2.62. The Morgan fingerprint density at radius 2 is 2.07 bits per heavy atom. The second kappa shape index (κ2) is 4.09. The lowest BCUT2D eigenvalue weighted by molar-refractivity contribution is -0.221. The van der Waals surface area contributed by atoms with Gasteiger partial charge in [-0.25, -0.2) is 4.79 Å². The van der Waals surface area contributed by atoms with E-state index >= 15 is 0 Å². The summed E-state index contributed by atoms with van der Waals surface area (Å²) < 4.78 is 0. The van der Waals surface area contributed by atoms with E-state index < -0.39 is 0 Å². The van der Waals surface area contributed by atoms with Crippen LogP contribution in [0.25, 0.3) is 0 Å². The van der Waals surface area contributed by atoms with Crippen molar-refractivity contribution in [1.82, 2.24) is 4.98 Å². The molecule has 0 saturated heterocycles. The highest BCUT2D eigenvalue weighted by molar-refractivity contribution is 5.72. The van der Waals surface area contributed by atoms with Crippen molar-refractivity contribution in [2.75, 3.05) is 0 Å². The van der Waals surface area contributed by atoms with Crippen LogP contribution < -0.4 is 4.89 Å². The minimum absolute atomic E-state index is 0.0387. The highest BCUT2D eigenvalue weighted by Gasteiger charge is 2.27. The van der Waals surface area contributed by atoms with E-state index in [0.717, 1.165) is 19.3 Å². The zero-order valence-electron chi connectivity index (χ0n) is 7.68. The standard InChI is InChI=1S/C10H11NO3/c12-10(8-2-1-3-8)14-13-9-4-6-11-7-5-9/h4-8H,1-3H2. The van der Waals surface area contributed by atoms with Gasteiger partial charge in [0.25, 0.3) is 0 Å². The van der Waals surface area contributed by atoms with E-state index in [0.29, 0.717) is 5.75 Å². The Hall–Kier alpha value is -1.58. The molecular formula is C10H11NO3. The van der Waals surface area contributed by atoms with E-state index in [2.05, 4.69) is 9.87 Å². The van der Waals surface area contributed by atoms with Gasteiger partial charge in [0.05, 0.1) is 5.92 Å². The number of hydrogen-bond acceptors (Lipinski definition) is 4. The number of rotatable bonds is 3. The molecule has 1 aromatic rings. The third-order valence-corrected chi connectivity index (χ3v) is 2.31. The average Bonchev–Trinajstić information content (AvgIpc) is 2.14. The third-order valence-electron chi connectivity index (χ3n) is 2.31. The summed E-state index contributed by atoms with van der Waals surface area (Å²) in [4.78, 5) is 24.6. The number of aromatic nitrogens is 1.